The Morgan fingerprint density at radius 2 is 1.51 bits per heavy atom. The number of fused-ring (bicyclic) bond motifs is 1. The van der Waals surface area contributed by atoms with E-state index in [1.54, 1.807) is 31.2 Å². The van der Waals surface area contributed by atoms with Gasteiger partial charge >= 0.3 is 0 Å². The Morgan fingerprint density at radius 1 is 0.919 bits per heavy atom. The summed E-state index contributed by atoms with van der Waals surface area (Å²) in [5, 5.41) is 11.3. The highest BCUT2D eigenvalue weighted by atomic mass is 19.1. The predicted molar refractivity (Wildman–Crippen MR) is 135 cm³/mol. The summed E-state index contributed by atoms with van der Waals surface area (Å²) in [6.45, 7) is 1.54. The molecule has 1 heterocycles. The van der Waals surface area contributed by atoms with Gasteiger partial charge < -0.3 is 24.2 Å². The number of anilines is 1. The number of carbonyl (C=O) groups is 1. The van der Waals surface area contributed by atoms with E-state index in [1.165, 1.54) is 38.0 Å². The highest BCUT2D eigenvalue weighted by Gasteiger charge is 2.28. The number of ether oxygens (including phenoxy) is 3. The van der Waals surface area contributed by atoms with Gasteiger partial charge in [-0.05, 0) is 49.4 Å². The van der Waals surface area contributed by atoms with Crippen LogP contribution in [-0.4, -0.2) is 43.5 Å². The molecule has 4 aromatic rings. The summed E-state index contributed by atoms with van der Waals surface area (Å²) >= 11 is 0. The topological polar surface area (TPSA) is 90.2 Å². The molecule has 192 valence electrons. The van der Waals surface area contributed by atoms with Crippen LogP contribution in [0.3, 0.4) is 0 Å². The van der Waals surface area contributed by atoms with Gasteiger partial charge in [0.25, 0.3) is 11.5 Å². The van der Waals surface area contributed by atoms with Gasteiger partial charge in [0, 0.05) is 35.4 Å². The molecule has 0 spiro atoms. The largest absolute Gasteiger partial charge is 0.506 e. The standard InChI is InChI=1S/C27H24F2N2O6/c1-5-30(18-11-15(28)10-16(29)12-18)26(33)24-25(32)20-13-22(36-3)23(37-4)14-21(20)31(27(24)34)17-6-8-19(35-2)9-7-17/h6-14,32H,5H2,1-4H3. The summed E-state index contributed by atoms with van der Waals surface area (Å²) < 4.78 is 45.0. The van der Waals surface area contributed by atoms with E-state index in [4.69, 9.17) is 14.2 Å². The van der Waals surface area contributed by atoms with Gasteiger partial charge in [-0.2, -0.15) is 0 Å². The monoisotopic (exact) mass is 510 g/mol. The lowest BCUT2D eigenvalue weighted by atomic mass is 10.1. The lowest BCUT2D eigenvalue weighted by Gasteiger charge is -2.23. The Labute approximate surface area is 210 Å². The zero-order valence-electron chi connectivity index (χ0n) is 20.5. The molecule has 0 unspecified atom stereocenters. The van der Waals surface area contributed by atoms with Crippen molar-refractivity contribution >= 4 is 22.5 Å². The first kappa shape index (κ1) is 25.5. The predicted octanol–water partition coefficient (Wildman–Crippen LogP) is 4.67. The third-order valence-corrected chi connectivity index (χ3v) is 5.92. The summed E-state index contributed by atoms with van der Waals surface area (Å²) in [6, 6.07) is 12.1. The molecular weight excluding hydrogens is 486 g/mol. The molecule has 4 rings (SSSR count). The van der Waals surface area contributed by atoms with E-state index >= 15 is 0 Å². The van der Waals surface area contributed by atoms with Gasteiger partial charge in [-0.25, -0.2) is 8.78 Å². The van der Waals surface area contributed by atoms with E-state index in [2.05, 4.69) is 0 Å². The van der Waals surface area contributed by atoms with Crippen LogP contribution < -0.4 is 24.7 Å². The normalized spacial score (nSPS) is 10.9. The Bertz CT molecular complexity index is 1530. The number of hydrogen-bond donors (Lipinski definition) is 1. The zero-order chi connectivity index (χ0) is 26.9. The highest BCUT2D eigenvalue weighted by Crippen LogP contribution is 2.38. The maximum absolute atomic E-state index is 13.9. The molecule has 0 aliphatic carbocycles. The van der Waals surface area contributed by atoms with Crippen LogP contribution in [0.1, 0.15) is 17.3 Å². The van der Waals surface area contributed by atoms with E-state index in [1.807, 2.05) is 0 Å². The van der Waals surface area contributed by atoms with Crippen molar-refractivity contribution in [1.29, 1.82) is 0 Å². The van der Waals surface area contributed by atoms with E-state index in [-0.39, 0.29) is 28.9 Å². The Morgan fingerprint density at radius 3 is 2.05 bits per heavy atom. The van der Waals surface area contributed by atoms with Crippen LogP contribution in [-0.2, 0) is 0 Å². The second kappa shape index (κ2) is 10.2. The van der Waals surface area contributed by atoms with E-state index in [0.29, 0.717) is 23.3 Å². The molecule has 0 saturated heterocycles. The smallest absolute Gasteiger partial charge is 0.272 e. The Kier molecular flexibility index (Phi) is 7.01. The molecule has 1 N–H and O–H groups in total. The van der Waals surface area contributed by atoms with Crippen molar-refractivity contribution in [2.24, 2.45) is 0 Å². The van der Waals surface area contributed by atoms with Gasteiger partial charge in [0.1, 0.15) is 28.7 Å². The third kappa shape index (κ3) is 4.53. The van der Waals surface area contributed by atoms with Crippen LogP contribution in [0.15, 0.2) is 59.4 Å². The van der Waals surface area contributed by atoms with Gasteiger partial charge in [0.15, 0.2) is 11.5 Å². The van der Waals surface area contributed by atoms with Gasteiger partial charge in [0.05, 0.1) is 26.8 Å². The fraction of sp³-hybridized carbons (Fsp3) is 0.185. The van der Waals surface area contributed by atoms with Crippen molar-refractivity contribution in [3.05, 3.63) is 82.1 Å². The summed E-state index contributed by atoms with van der Waals surface area (Å²) in [4.78, 5) is 28.5. The number of hydrogen-bond acceptors (Lipinski definition) is 6. The van der Waals surface area contributed by atoms with Crippen molar-refractivity contribution in [2.45, 2.75) is 6.92 Å². The molecule has 3 aromatic carbocycles. The number of aromatic hydroxyl groups is 1. The summed E-state index contributed by atoms with van der Waals surface area (Å²) in [5.74, 6) is -2.24. The van der Waals surface area contributed by atoms with Gasteiger partial charge in [-0.1, -0.05) is 0 Å². The number of nitrogens with zero attached hydrogens (tertiary/aromatic N) is 2. The third-order valence-electron chi connectivity index (χ3n) is 5.92. The zero-order valence-corrected chi connectivity index (χ0v) is 20.5. The van der Waals surface area contributed by atoms with Crippen LogP contribution >= 0.6 is 0 Å². The second-order valence-electron chi connectivity index (χ2n) is 7.96. The minimum atomic E-state index is -0.936. The first-order valence-electron chi connectivity index (χ1n) is 11.2. The van der Waals surface area contributed by atoms with Crippen LogP contribution in [0.25, 0.3) is 16.6 Å². The molecule has 8 nitrogen and oxygen atoms in total. The average Bonchev–Trinajstić information content (AvgIpc) is 2.88. The fourth-order valence-corrected chi connectivity index (χ4v) is 4.15. The molecule has 37 heavy (non-hydrogen) atoms. The number of carbonyl (C=O) groups excluding carboxylic acids is 1. The number of halogens is 2. The van der Waals surface area contributed by atoms with E-state index in [9.17, 15) is 23.5 Å². The molecule has 1 amide bonds. The quantitative estimate of drug-likeness (QED) is 0.389. The first-order valence-corrected chi connectivity index (χ1v) is 11.2. The molecule has 0 atom stereocenters. The second-order valence-corrected chi connectivity index (χ2v) is 7.96. The van der Waals surface area contributed by atoms with Gasteiger partial charge in [-0.15, -0.1) is 0 Å². The molecule has 0 aliphatic rings. The Hall–Kier alpha value is -4.60. The number of aromatic nitrogens is 1. The van der Waals surface area contributed by atoms with Crippen molar-refractivity contribution in [3.63, 3.8) is 0 Å². The molecule has 0 saturated carbocycles. The number of methoxy groups -OCH3 is 3. The van der Waals surface area contributed by atoms with Crippen molar-refractivity contribution in [1.82, 2.24) is 4.57 Å². The van der Waals surface area contributed by atoms with Gasteiger partial charge in [-0.3, -0.25) is 14.2 Å². The number of amides is 1. The summed E-state index contributed by atoms with van der Waals surface area (Å²) in [7, 11) is 4.33. The fourth-order valence-electron chi connectivity index (χ4n) is 4.15. The van der Waals surface area contributed by atoms with Crippen molar-refractivity contribution < 1.29 is 32.9 Å². The molecule has 0 fully saturated rings. The number of pyridine rings is 1. The van der Waals surface area contributed by atoms with Crippen LogP contribution in [0.2, 0.25) is 0 Å². The molecule has 0 bridgehead atoms. The molecule has 10 heteroatoms. The van der Waals surface area contributed by atoms with Crippen LogP contribution in [0.5, 0.6) is 23.0 Å². The molecule has 1 aromatic heterocycles. The minimum absolute atomic E-state index is 0.0346. The highest BCUT2D eigenvalue weighted by molar-refractivity contribution is 6.11. The lowest BCUT2D eigenvalue weighted by molar-refractivity contribution is 0.0984. The minimum Gasteiger partial charge on any atom is -0.506 e. The molecule has 0 radical (unpaired) electrons. The molecular formula is C27H24F2N2O6. The maximum Gasteiger partial charge on any atom is 0.272 e. The van der Waals surface area contributed by atoms with Crippen molar-refractivity contribution in [2.75, 3.05) is 32.8 Å². The summed E-state index contributed by atoms with van der Waals surface area (Å²) in [6.07, 6.45) is 0. The van der Waals surface area contributed by atoms with Gasteiger partial charge in [0.2, 0.25) is 0 Å². The van der Waals surface area contributed by atoms with Crippen LogP contribution in [0, 0.1) is 11.6 Å². The number of rotatable bonds is 7. The lowest BCUT2D eigenvalue weighted by Crippen LogP contribution is -2.37. The summed E-state index contributed by atoms with van der Waals surface area (Å²) in [5.41, 5.74) is -0.921. The Balaban J connectivity index is 2.05. The number of benzene rings is 3. The maximum atomic E-state index is 13.9. The van der Waals surface area contributed by atoms with E-state index < -0.39 is 34.4 Å². The first-order chi connectivity index (χ1) is 17.7. The van der Waals surface area contributed by atoms with Crippen molar-refractivity contribution in [3.8, 4) is 28.7 Å². The molecule has 0 aliphatic heterocycles. The average molecular weight is 510 g/mol. The SMILES string of the molecule is CCN(C(=O)c1c(O)c2cc(OC)c(OC)cc2n(-c2ccc(OC)cc2)c1=O)c1cc(F)cc(F)c1. The van der Waals surface area contributed by atoms with Crippen LogP contribution in [0.4, 0.5) is 14.5 Å². The van der Waals surface area contributed by atoms with E-state index in [0.717, 1.165) is 17.0 Å².